The largest absolute Gasteiger partial charge is 0.379 e. The van der Waals surface area contributed by atoms with Crippen molar-refractivity contribution in [3.8, 4) is 0 Å². The first-order valence-electron chi connectivity index (χ1n) is 7.94. The van der Waals surface area contributed by atoms with Gasteiger partial charge in [0.1, 0.15) is 5.76 Å². The molecule has 1 aliphatic heterocycles. The smallest absolute Gasteiger partial charge is 0.314 e. The van der Waals surface area contributed by atoms with Crippen molar-refractivity contribution in [3.05, 3.63) is 11.8 Å². The average molecular weight is 322 g/mol. The zero-order valence-electron chi connectivity index (χ0n) is 13.3. The molecule has 1 aliphatic carbocycles. The van der Waals surface area contributed by atoms with Gasteiger partial charge in [-0.2, -0.15) is 0 Å². The third-order valence-electron chi connectivity index (χ3n) is 4.62. The van der Waals surface area contributed by atoms with E-state index in [1.54, 1.807) is 13.0 Å². The molecule has 1 aromatic heterocycles. The highest BCUT2D eigenvalue weighted by molar-refractivity contribution is 6.39. The summed E-state index contributed by atoms with van der Waals surface area (Å²) in [5.41, 5.74) is -0.0236. The van der Waals surface area contributed by atoms with Gasteiger partial charge in [-0.05, 0) is 26.2 Å². The minimum atomic E-state index is -0.727. The molecule has 0 radical (unpaired) electrons. The molecule has 0 spiro atoms. The summed E-state index contributed by atoms with van der Waals surface area (Å²) in [6.07, 6.45) is 3.23. The number of carbonyl (C=O) groups excluding carboxylic acids is 2. The molecule has 2 heterocycles. The number of hydrogen-bond donors (Lipinski definition) is 2. The Bertz CT molecular complexity index is 576. The van der Waals surface area contributed by atoms with Crippen LogP contribution in [-0.2, 0) is 14.3 Å². The lowest BCUT2D eigenvalue weighted by Crippen LogP contribution is -2.63. The molecule has 0 unspecified atom stereocenters. The second-order valence-electron chi connectivity index (χ2n) is 6.14. The number of aryl methyl sites for hydroxylation is 1. The highest BCUT2D eigenvalue weighted by Gasteiger charge is 2.43. The topological polar surface area (TPSA) is 96.7 Å². The molecular weight excluding hydrogens is 300 g/mol. The number of anilines is 1. The second kappa shape index (κ2) is 6.67. The van der Waals surface area contributed by atoms with Crippen molar-refractivity contribution in [2.45, 2.75) is 31.7 Å². The van der Waals surface area contributed by atoms with Crippen molar-refractivity contribution in [2.24, 2.45) is 0 Å². The lowest BCUT2D eigenvalue weighted by Gasteiger charge is -2.51. The standard InChI is InChI=1S/C15H22N4O4/c1-11-9-12(18-23-11)17-14(21)13(20)16-10-15(3-2-4-15)19-5-7-22-8-6-19/h9H,2-8,10H2,1H3,(H,16,20)(H,17,18,21). The van der Waals surface area contributed by atoms with Crippen LogP contribution in [0.25, 0.3) is 0 Å². The van der Waals surface area contributed by atoms with Crippen LogP contribution in [0, 0.1) is 6.92 Å². The first-order valence-corrected chi connectivity index (χ1v) is 7.94. The molecule has 3 rings (SSSR count). The molecule has 23 heavy (non-hydrogen) atoms. The summed E-state index contributed by atoms with van der Waals surface area (Å²) in [4.78, 5) is 26.3. The zero-order valence-corrected chi connectivity index (χ0v) is 13.3. The van der Waals surface area contributed by atoms with Gasteiger partial charge in [0, 0.05) is 31.2 Å². The van der Waals surface area contributed by atoms with E-state index in [2.05, 4.69) is 20.7 Å². The summed E-state index contributed by atoms with van der Waals surface area (Å²) in [6.45, 7) is 5.40. The molecule has 1 saturated heterocycles. The molecule has 2 aliphatic rings. The maximum Gasteiger partial charge on any atom is 0.314 e. The van der Waals surface area contributed by atoms with Crippen LogP contribution >= 0.6 is 0 Å². The third-order valence-corrected chi connectivity index (χ3v) is 4.62. The number of hydrogen-bond acceptors (Lipinski definition) is 6. The lowest BCUT2D eigenvalue weighted by molar-refractivity contribution is -0.137. The number of ether oxygens (including phenoxy) is 1. The monoisotopic (exact) mass is 322 g/mol. The molecule has 0 atom stereocenters. The summed E-state index contributed by atoms with van der Waals surface area (Å²) >= 11 is 0. The Balaban J connectivity index is 1.51. The van der Waals surface area contributed by atoms with Gasteiger partial charge in [-0.15, -0.1) is 0 Å². The van der Waals surface area contributed by atoms with E-state index in [4.69, 9.17) is 9.26 Å². The van der Waals surface area contributed by atoms with Gasteiger partial charge < -0.3 is 14.6 Å². The van der Waals surface area contributed by atoms with Crippen molar-refractivity contribution in [1.82, 2.24) is 15.4 Å². The third kappa shape index (κ3) is 3.53. The number of amides is 2. The van der Waals surface area contributed by atoms with Gasteiger partial charge >= 0.3 is 11.8 Å². The minimum absolute atomic E-state index is 0.0236. The number of aromatic nitrogens is 1. The van der Waals surface area contributed by atoms with Crippen molar-refractivity contribution in [1.29, 1.82) is 0 Å². The predicted molar refractivity (Wildman–Crippen MR) is 81.9 cm³/mol. The van der Waals surface area contributed by atoms with Gasteiger partial charge in [0.05, 0.1) is 13.2 Å². The van der Waals surface area contributed by atoms with Crippen LogP contribution in [0.15, 0.2) is 10.6 Å². The molecule has 8 nitrogen and oxygen atoms in total. The van der Waals surface area contributed by atoms with Gasteiger partial charge in [-0.3, -0.25) is 19.8 Å². The Morgan fingerprint density at radius 2 is 2.04 bits per heavy atom. The summed E-state index contributed by atoms with van der Waals surface area (Å²) in [6, 6.07) is 1.56. The number of rotatable bonds is 4. The van der Waals surface area contributed by atoms with E-state index in [1.165, 1.54) is 0 Å². The minimum Gasteiger partial charge on any atom is -0.379 e. The second-order valence-corrected chi connectivity index (χ2v) is 6.14. The highest BCUT2D eigenvalue weighted by atomic mass is 16.5. The fourth-order valence-corrected chi connectivity index (χ4v) is 3.15. The first-order chi connectivity index (χ1) is 11.1. The van der Waals surface area contributed by atoms with Gasteiger partial charge in [0.2, 0.25) is 0 Å². The van der Waals surface area contributed by atoms with Gasteiger partial charge in [0.25, 0.3) is 0 Å². The van der Waals surface area contributed by atoms with Crippen molar-refractivity contribution in [3.63, 3.8) is 0 Å². The molecule has 1 saturated carbocycles. The van der Waals surface area contributed by atoms with Crippen molar-refractivity contribution in [2.75, 3.05) is 38.2 Å². The van der Waals surface area contributed by atoms with E-state index < -0.39 is 11.8 Å². The molecule has 2 N–H and O–H groups in total. The molecule has 8 heteroatoms. The predicted octanol–water partition coefficient (Wildman–Crippen LogP) is 0.293. The van der Waals surface area contributed by atoms with Gasteiger partial charge in [0.15, 0.2) is 5.82 Å². The van der Waals surface area contributed by atoms with E-state index in [0.717, 1.165) is 45.6 Å². The highest BCUT2D eigenvalue weighted by Crippen LogP contribution is 2.37. The lowest BCUT2D eigenvalue weighted by atomic mass is 9.75. The average Bonchev–Trinajstić information content (AvgIpc) is 2.92. The van der Waals surface area contributed by atoms with Gasteiger partial charge in [-0.1, -0.05) is 5.16 Å². The van der Waals surface area contributed by atoms with Crippen LogP contribution in [0.3, 0.4) is 0 Å². The molecular formula is C15H22N4O4. The molecule has 0 bridgehead atoms. The Morgan fingerprint density at radius 1 is 1.30 bits per heavy atom. The Labute approximate surface area is 134 Å². The van der Waals surface area contributed by atoms with E-state index in [0.29, 0.717) is 12.3 Å². The molecule has 2 amide bonds. The Morgan fingerprint density at radius 3 is 2.61 bits per heavy atom. The van der Waals surface area contributed by atoms with Crippen molar-refractivity contribution < 1.29 is 18.8 Å². The Hall–Kier alpha value is -1.93. The number of carbonyl (C=O) groups is 2. The maximum absolute atomic E-state index is 12.0. The Kier molecular flexibility index (Phi) is 4.63. The fraction of sp³-hybridized carbons (Fsp3) is 0.667. The van der Waals surface area contributed by atoms with Crippen LogP contribution < -0.4 is 10.6 Å². The summed E-state index contributed by atoms with van der Waals surface area (Å²) < 4.78 is 10.2. The van der Waals surface area contributed by atoms with Crippen LogP contribution in [-0.4, -0.2) is 60.3 Å². The quantitative estimate of drug-likeness (QED) is 0.774. The molecule has 0 aromatic carbocycles. The summed E-state index contributed by atoms with van der Waals surface area (Å²) in [5, 5.41) is 8.82. The normalized spacial score (nSPS) is 20.6. The zero-order chi connectivity index (χ0) is 16.3. The van der Waals surface area contributed by atoms with Crippen LogP contribution in [0.2, 0.25) is 0 Å². The maximum atomic E-state index is 12.0. The SMILES string of the molecule is Cc1cc(NC(=O)C(=O)NCC2(N3CCOCC3)CCC2)no1. The van der Waals surface area contributed by atoms with Crippen LogP contribution in [0.1, 0.15) is 25.0 Å². The first kappa shape index (κ1) is 15.9. The number of morpholine rings is 1. The molecule has 2 fully saturated rings. The summed E-state index contributed by atoms with van der Waals surface area (Å²) in [5.74, 6) is -0.560. The van der Waals surface area contributed by atoms with Crippen LogP contribution in [0.5, 0.6) is 0 Å². The van der Waals surface area contributed by atoms with Gasteiger partial charge in [-0.25, -0.2) is 0 Å². The van der Waals surface area contributed by atoms with Crippen molar-refractivity contribution >= 4 is 17.6 Å². The molecule has 1 aromatic rings. The number of nitrogens with one attached hydrogen (secondary N) is 2. The van der Waals surface area contributed by atoms with E-state index in [-0.39, 0.29) is 11.4 Å². The van der Waals surface area contributed by atoms with Crippen LogP contribution in [0.4, 0.5) is 5.82 Å². The van der Waals surface area contributed by atoms with E-state index in [9.17, 15) is 9.59 Å². The van der Waals surface area contributed by atoms with E-state index in [1.807, 2.05) is 0 Å². The summed E-state index contributed by atoms with van der Waals surface area (Å²) in [7, 11) is 0. The fourth-order valence-electron chi connectivity index (χ4n) is 3.15. The number of nitrogens with zero attached hydrogens (tertiary/aromatic N) is 2. The molecule has 126 valence electrons. The van der Waals surface area contributed by atoms with E-state index >= 15 is 0 Å².